The Morgan fingerprint density at radius 2 is 2.28 bits per heavy atom. The Morgan fingerprint density at radius 1 is 1.44 bits per heavy atom. The summed E-state index contributed by atoms with van der Waals surface area (Å²) in [4.78, 5) is 4.18. The van der Waals surface area contributed by atoms with Crippen molar-refractivity contribution in [3.8, 4) is 0 Å². The highest BCUT2D eigenvalue weighted by Crippen LogP contribution is 2.17. The molecule has 0 saturated heterocycles. The summed E-state index contributed by atoms with van der Waals surface area (Å²) in [7, 11) is 2.00. The fraction of sp³-hybridized carbons (Fsp3) is 0.357. The Balaban J connectivity index is 2.11. The van der Waals surface area contributed by atoms with Gasteiger partial charge in [-0.3, -0.25) is 4.98 Å². The molecule has 1 unspecified atom stereocenters. The zero-order valence-electron chi connectivity index (χ0n) is 10.7. The van der Waals surface area contributed by atoms with Crippen LogP contribution >= 0.6 is 15.9 Å². The number of nitrogens with one attached hydrogen (secondary N) is 1. The highest BCUT2D eigenvalue weighted by atomic mass is 79.9. The average Bonchev–Trinajstić information content (AvgIpc) is 2.79. The topological polar surface area (TPSA) is 29.9 Å². The van der Waals surface area contributed by atoms with Gasteiger partial charge >= 0.3 is 0 Å². The van der Waals surface area contributed by atoms with Crippen molar-refractivity contribution in [1.82, 2.24) is 14.9 Å². The summed E-state index contributed by atoms with van der Waals surface area (Å²) in [6.07, 6.45) is 9.12. The first-order valence-electron chi connectivity index (χ1n) is 6.15. The van der Waals surface area contributed by atoms with Crippen molar-refractivity contribution in [3.05, 3.63) is 52.5 Å². The number of halogens is 1. The zero-order chi connectivity index (χ0) is 13.0. The molecular formula is C14H18BrN3. The highest BCUT2D eigenvalue weighted by Gasteiger charge is 2.07. The minimum absolute atomic E-state index is 0.437. The van der Waals surface area contributed by atoms with Crippen LogP contribution in [0.25, 0.3) is 0 Å². The number of nitrogens with zero attached hydrogens (tertiary/aromatic N) is 2. The number of rotatable bonds is 5. The summed E-state index contributed by atoms with van der Waals surface area (Å²) in [5.74, 6) is 0. The molecule has 0 aliphatic rings. The van der Waals surface area contributed by atoms with Crippen LogP contribution < -0.4 is 5.32 Å². The molecule has 1 N–H and O–H groups in total. The molecule has 3 nitrogen and oxygen atoms in total. The molecule has 0 aromatic carbocycles. The second kappa shape index (κ2) is 6.16. The third-order valence-corrected chi connectivity index (χ3v) is 3.49. The fourth-order valence-corrected chi connectivity index (χ4v) is 2.54. The summed E-state index contributed by atoms with van der Waals surface area (Å²) in [6.45, 7) is 3.04. The summed E-state index contributed by atoms with van der Waals surface area (Å²) in [5, 5.41) is 3.32. The standard InChI is InChI=1S/C14H18BrN3/c1-3-14(16-2)12-4-5-18(10-12)9-11-6-13(15)8-17-7-11/h4-8,10,14,16H,3,9H2,1-2H3. The van der Waals surface area contributed by atoms with E-state index in [2.05, 4.69) is 62.2 Å². The predicted molar refractivity (Wildman–Crippen MR) is 77.6 cm³/mol. The molecule has 0 saturated carbocycles. The molecule has 1 atom stereocenters. The first-order chi connectivity index (χ1) is 8.72. The molecule has 2 rings (SSSR count). The van der Waals surface area contributed by atoms with E-state index in [1.165, 1.54) is 11.1 Å². The SMILES string of the molecule is CCC(NC)c1ccn(Cc2cncc(Br)c2)c1. The molecule has 4 heteroatoms. The van der Waals surface area contributed by atoms with Crippen molar-refractivity contribution >= 4 is 15.9 Å². The van der Waals surface area contributed by atoms with Gasteiger partial charge in [0.2, 0.25) is 0 Å². The normalized spacial score (nSPS) is 12.6. The van der Waals surface area contributed by atoms with Crippen molar-refractivity contribution < 1.29 is 0 Å². The van der Waals surface area contributed by atoms with Crippen molar-refractivity contribution in [2.24, 2.45) is 0 Å². The minimum Gasteiger partial charge on any atom is -0.350 e. The number of pyridine rings is 1. The molecule has 0 amide bonds. The monoisotopic (exact) mass is 307 g/mol. The lowest BCUT2D eigenvalue weighted by Gasteiger charge is -2.11. The van der Waals surface area contributed by atoms with Crippen LogP contribution in [0.5, 0.6) is 0 Å². The van der Waals surface area contributed by atoms with Crippen LogP contribution in [0, 0.1) is 0 Å². The molecular weight excluding hydrogens is 290 g/mol. The summed E-state index contributed by atoms with van der Waals surface area (Å²) < 4.78 is 3.22. The van der Waals surface area contributed by atoms with Crippen LogP contribution in [-0.2, 0) is 6.54 Å². The van der Waals surface area contributed by atoms with Crippen LogP contribution in [0.15, 0.2) is 41.4 Å². The number of hydrogen-bond donors (Lipinski definition) is 1. The van der Waals surface area contributed by atoms with Crippen molar-refractivity contribution in [1.29, 1.82) is 0 Å². The molecule has 0 spiro atoms. The number of hydrogen-bond acceptors (Lipinski definition) is 2. The lowest BCUT2D eigenvalue weighted by atomic mass is 10.1. The molecule has 0 aliphatic carbocycles. The maximum absolute atomic E-state index is 4.18. The van der Waals surface area contributed by atoms with Crippen molar-refractivity contribution in [2.45, 2.75) is 25.9 Å². The summed E-state index contributed by atoms with van der Waals surface area (Å²) in [6, 6.07) is 4.71. The van der Waals surface area contributed by atoms with Gasteiger partial charge in [0.25, 0.3) is 0 Å². The van der Waals surface area contributed by atoms with Crippen LogP contribution in [0.4, 0.5) is 0 Å². The van der Waals surface area contributed by atoms with Gasteiger partial charge in [-0.25, -0.2) is 0 Å². The minimum atomic E-state index is 0.437. The van der Waals surface area contributed by atoms with E-state index in [1.807, 2.05) is 13.2 Å². The van der Waals surface area contributed by atoms with E-state index in [1.54, 1.807) is 6.20 Å². The molecule has 0 radical (unpaired) electrons. The third kappa shape index (κ3) is 3.21. The molecule has 0 bridgehead atoms. The van der Waals surface area contributed by atoms with E-state index in [-0.39, 0.29) is 0 Å². The van der Waals surface area contributed by atoms with Crippen LogP contribution in [-0.4, -0.2) is 16.6 Å². The first kappa shape index (κ1) is 13.3. The maximum Gasteiger partial charge on any atom is 0.0485 e. The molecule has 2 aromatic heterocycles. The van der Waals surface area contributed by atoms with E-state index >= 15 is 0 Å². The molecule has 0 fully saturated rings. The Bertz CT molecular complexity index is 503. The van der Waals surface area contributed by atoms with Crippen LogP contribution in [0.1, 0.15) is 30.5 Å². The average molecular weight is 308 g/mol. The van der Waals surface area contributed by atoms with Gasteiger partial charge in [0, 0.05) is 41.8 Å². The lowest BCUT2D eigenvalue weighted by Crippen LogP contribution is -2.14. The van der Waals surface area contributed by atoms with Gasteiger partial charge in [0.15, 0.2) is 0 Å². The first-order valence-corrected chi connectivity index (χ1v) is 6.94. The third-order valence-electron chi connectivity index (χ3n) is 3.06. The quantitative estimate of drug-likeness (QED) is 0.918. The van der Waals surface area contributed by atoms with E-state index in [4.69, 9.17) is 0 Å². The molecule has 18 heavy (non-hydrogen) atoms. The zero-order valence-corrected chi connectivity index (χ0v) is 12.3. The number of aromatic nitrogens is 2. The van der Waals surface area contributed by atoms with Crippen LogP contribution in [0.3, 0.4) is 0 Å². The van der Waals surface area contributed by atoms with Gasteiger partial charge in [-0.05, 0) is 52.7 Å². The molecule has 96 valence electrons. The van der Waals surface area contributed by atoms with Gasteiger partial charge in [-0.1, -0.05) is 6.92 Å². The summed E-state index contributed by atoms with van der Waals surface area (Å²) >= 11 is 3.44. The maximum atomic E-state index is 4.18. The lowest BCUT2D eigenvalue weighted by molar-refractivity contribution is 0.575. The Morgan fingerprint density at radius 3 is 2.94 bits per heavy atom. The van der Waals surface area contributed by atoms with E-state index in [9.17, 15) is 0 Å². The van der Waals surface area contributed by atoms with E-state index in [0.717, 1.165) is 17.4 Å². The van der Waals surface area contributed by atoms with E-state index in [0.29, 0.717) is 6.04 Å². The van der Waals surface area contributed by atoms with Crippen molar-refractivity contribution in [2.75, 3.05) is 7.05 Å². The fourth-order valence-electron chi connectivity index (χ4n) is 2.12. The largest absolute Gasteiger partial charge is 0.350 e. The molecule has 2 heterocycles. The van der Waals surface area contributed by atoms with Gasteiger partial charge in [-0.2, -0.15) is 0 Å². The highest BCUT2D eigenvalue weighted by molar-refractivity contribution is 9.10. The Hall–Kier alpha value is -1.13. The van der Waals surface area contributed by atoms with Crippen molar-refractivity contribution in [3.63, 3.8) is 0 Å². The predicted octanol–water partition coefficient (Wildman–Crippen LogP) is 3.36. The summed E-state index contributed by atoms with van der Waals surface area (Å²) in [5.41, 5.74) is 2.53. The molecule has 0 aliphatic heterocycles. The van der Waals surface area contributed by atoms with Gasteiger partial charge < -0.3 is 9.88 Å². The Kier molecular flexibility index (Phi) is 4.55. The molecule has 2 aromatic rings. The second-order valence-corrected chi connectivity index (χ2v) is 5.29. The second-order valence-electron chi connectivity index (χ2n) is 4.38. The van der Waals surface area contributed by atoms with Gasteiger partial charge in [0.1, 0.15) is 0 Å². The van der Waals surface area contributed by atoms with Gasteiger partial charge in [-0.15, -0.1) is 0 Å². The van der Waals surface area contributed by atoms with Gasteiger partial charge in [0.05, 0.1) is 0 Å². The van der Waals surface area contributed by atoms with E-state index < -0.39 is 0 Å². The van der Waals surface area contributed by atoms with Crippen LogP contribution in [0.2, 0.25) is 0 Å². The smallest absolute Gasteiger partial charge is 0.0485 e. The Labute approximate surface area is 116 Å².